The highest BCUT2D eigenvalue weighted by atomic mass is 32.1. The SMILES string of the molecule is CCc1ccc2c(CNC[C@H](c3cccs3)N3CCOCC3)cc(=O)oc2c1. The van der Waals surface area contributed by atoms with Crippen LogP contribution in [0.25, 0.3) is 11.0 Å². The fourth-order valence-electron chi connectivity index (χ4n) is 3.76. The van der Waals surface area contributed by atoms with Crippen molar-refractivity contribution in [1.29, 1.82) is 0 Å². The molecule has 1 N–H and O–H groups in total. The van der Waals surface area contributed by atoms with Crippen LogP contribution in [0.3, 0.4) is 0 Å². The van der Waals surface area contributed by atoms with Gasteiger partial charge < -0.3 is 14.5 Å². The zero-order valence-corrected chi connectivity index (χ0v) is 17.0. The largest absolute Gasteiger partial charge is 0.423 e. The van der Waals surface area contributed by atoms with Gasteiger partial charge in [0.25, 0.3) is 0 Å². The molecule has 0 bridgehead atoms. The van der Waals surface area contributed by atoms with Gasteiger partial charge in [-0.25, -0.2) is 4.79 Å². The Morgan fingerprint density at radius 1 is 1.21 bits per heavy atom. The van der Waals surface area contributed by atoms with Gasteiger partial charge in [0.05, 0.1) is 19.3 Å². The molecule has 148 valence electrons. The van der Waals surface area contributed by atoms with Gasteiger partial charge >= 0.3 is 5.63 Å². The number of aryl methyl sites for hydroxylation is 1. The van der Waals surface area contributed by atoms with E-state index >= 15 is 0 Å². The fraction of sp³-hybridized carbons (Fsp3) is 0.409. The number of thiophene rings is 1. The maximum Gasteiger partial charge on any atom is 0.336 e. The Morgan fingerprint density at radius 3 is 2.82 bits per heavy atom. The number of nitrogens with one attached hydrogen (secondary N) is 1. The third-order valence-electron chi connectivity index (χ3n) is 5.31. The first-order valence-electron chi connectivity index (χ1n) is 9.86. The second-order valence-corrected chi connectivity index (χ2v) is 8.06. The van der Waals surface area contributed by atoms with Crippen molar-refractivity contribution in [3.63, 3.8) is 0 Å². The van der Waals surface area contributed by atoms with E-state index in [4.69, 9.17) is 9.15 Å². The van der Waals surface area contributed by atoms with Crippen LogP contribution in [0.2, 0.25) is 0 Å². The lowest BCUT2D eigenvalue weighted by Gasteiger charge is -2.34. The van der Waals surface area contributed by atoms with Crippen LogP contribution in [-0.4, -0.2) is 37.7 Å². The topological polar surface area (TPSA) is 54.7 Å². The lowest BCUT2D eigenvalue weighted by Crippen LogP contribution is -2.42. The number of fused-ring (bicyclic) bond motifs is 1. The van der Waals surface area contributed by atoms with Crippen LogP contribution in [0.15, 0.2) is 51.0 Å². The summed E-state index contributed by atoms with van der Waals surface area (Å²) in [5.74, 6) is 0. The van der Waals surface area contributed by atoms with Crippen LogP contribution in [0.5, 0.6) is 0 Å². The molecule has 0 saturated carbocycles. The maximum atomic E-state index is 12.0. The molecule has 2 aromatic heterocycles. The summed E-state index contributed by atoms with van der Waals surface area (Å²) in [6, 6.07) is 12.4. The Bertz CT molecular complexity index is 962. The average Bonchev–Trinajstić information content (AvgIpc) is 3.25. The molecule has 0 radical (unpaired) electrons. The molecule has 1 atom stereocenters. The molecule has 0 aliphatic carbocycles. The Balaban J connectivity index is 1.50. The van der Waals surface area contributed by atoms with Crippen LogP contribution in [0.4, 0.5) is 0 Å². The van der Waals surface area contributed by atoms with Gasteiger partial charge in [0.15, 0.2) is 0 Å². The predicted molar refractivity (Wildman–Crippen MR) is 113 cm³/mol. The lowest BCUT2D eigenvalue weighted by atomic mass is 10.1. The first kappa shape index (κ1) is 19.3. The number of ether oxygens (including phenoxy) is 1. The van der Waals surface area contributed by atoms with E-state index in [0.29, 0.717) is 18.2 Å². The molecular formula is C22H26N2O3S. The normalized spacial score (nSPS) is 16.5. The van der Waals surface area contributed by atoms with E-state index in [1.165, 1.54) is 10.4 Å². The highest BCUT2D eigenvalue weighted by Gasteiger charge is 2.23. The maximum absolute atomic E-state index is 12.0. The Hall–Kier alpha value is -1.99. The summed E-state index contributed by atoms with van der Waals surface area (Å²) >= 11 is 1.79. The van der Waals surface area contributed by atoms with Gasteiger partial charge in [-0.2, -0.15) is 0 Å². The minimum absolute atomic E-state index is 0.291. The number of hydrogen-bond donors (Lipinski definition) is 1. The summed E-state index contributed by atoms with van der Waals surface area (Å²) < 4.78 is 10.9. The number of hydrogen-bond acceptors (Lipinski definition) is 6. The second-order valence-electron chi connectivity index (χ2n) is 7.09. The van der Waals surface area contributed by atoms with Gasteiger partial charge in [-0.3, -0.25) is 4.90 Å². The summed E-state index contributed by atoms with van der Waals surface area (Å²) in [5, 5.41) is 6.71. The molecule has 0 unspecified atom stereocenters. The molecule has 1 aliphatic rings. The average molecular weight is 399 g/mol. The van der Waals surface area contributed by atoms with E-state index in [0.717, 1.165) is 50.2 Å². The molecule has 1 fully saturated rings. The van der Waals surface area contributed by atoms with Crippen molar-refractivity contribution in [2.75, 3.05) is 32.8 Å². The van der Waals surface area contributed by atoms with Crippen molar-refractivity contribution in [3.8, 4) is 0 Å². The van der Waals surface area contributed by atoms with Crippen molar-refractivity contribution in [3.05, 3.63) is 68.2 Å². The molecule has 1 aromatic carbocycles. The monoisotopic (exact) mass is 398 g/mol. The highest BCUT2D eigenvalue weighted by Crippen LogP contribution is 2.26. The lowest BCUT2D eigenvalue weighted by molar-refractivity contribution is 0.0168. The van der Waals surface area contributed by atoms with Gasteiger partial charge in [0.1, 0.15) is 5.58 Å². The third kappa shape index (κ3) is 4.36. The molecule has 4 rings (SSSR count). The van der Waals surface area contributed by atoms with Crippen molar-refractivity contribution in [1.82, 2.24) is 10.2 Å². The quantitative estimate of drug-likeness (QED) is 0.617. The molecule has 1 saturated heterocycles. The minimum atomic E-state index is -0.291. The number of benzene rings is 1. The molecule has 0 amide bonds. The summed E-state index contributed by atoms with van der Waals surface area (Å²) in [5.41, 5.74) is 2.54. The van der Waals surface area contributed by atoms with E-state index in [1.807, 2.05) is 6.07 Å². The number of rotatable bonds is 7. The molecular weight excluding hydrogens is 372 g/mol. The molecule has 1 aliphatic heterocycles. The smallest absolute Gasteiger partial charge is 0.336 e. The number of nitrogens with zero attached hydrogens (tertiary/aromatic N) is 1. The van der Waals surface area contributed by atoms with Gasteiger partial charge in [0, 0.05) is 42.5 Å². The van der Waals surface area contributed by atoms with Crippen molar-refractivity contribution in [2.45, 2.75) is 25.9 Å². The van der Waals surface area contributed by atoms with Gasteiger partial charge in [-0.05, 0) is 35.1 Å². The first-order chi connectivity index (χ1) is 13.7. The Kier molecular flexibility index (Phi) is 6.22. The van der Waals surface area contributed by atoms with E-state index in [-0.39, 0.29) is 5.63 Å². The second kappa shape index (κ2) is 9.01. The zero-order valence-electron chi connectivity index (χ0n) is 16.1. The summed E-state index contributed by atoms with van der Waals surface area (Å²) in [6.45, 7) is 7.03. The van der Waals surface area contributed by atoms with E-state index in [9.17, 15) is 4.79 Å². The molecule has 6 heteroatoms. The van der Waals surface area contributed by atoms with Gasteiger partial charge in [-0.1, -0.05) is 25.1 Å². The van der Waals surface area contributed by atoms with Crippen LogP contribution in [0.1, 0.15) is 29.0 Å². The van der Waals surface area contributed by atoms with Gasteiger partial charge in [-0.15, -0.1) is 11.3 Å². The zero-order chi connectivity index (χ0) is 19.3. The fourth-order valence-corrected chi connectivity index (χ4v) is 4.62. The minimum Gasteiger partial charge on any atom is -0.423 e. The highest BCUT2D eigenvalue weighted by molar-refractivity contribution is 7.10. The standard InChI is InChI=1S/C22H26N2O3S/c1-2-16-5-6-18-17(13-22(25)27-20(18)12-16)14-23-15-19(21-4-3-11-28-21)24-7-9-26-10-8-24/h3-6,11-13,19,23H,2,7-10,14-15H2,1H3/t19-/m1/s1. The summed E-state index contributed by atoms with van der Waals surface area (Å²) in [6.07, 6.45) is 0.921. The van der Waals surface area contributed by atoms with Crippen molar-refractivity contribution < 1.29 is 9.15 Å². The number of morpholine rings is 1. The predicted octanol–water partition coefficient (Wildman–Crippen LogP) is 3.58. The molecule has 3 aromatic rings. The summed E-state index contributed by atoms with van der Waals surface area (Å²) in [7, 11) is 0. The summed E-state index contributed by atoms with van der Waals surface area (Å²) in [4.78, 5) is 15.9. The molecule has 0 spiro atoms. The van der Waals surface area contributed by atoms with Crippen LogP contribution in [-0.2, 0) is 17.7 Å². The molecule has 28 heavy (non-hydrogen) atoms. The van der Waals surface area contributed by atoms with Gasteiger partial charge in [0.2, 0.25) is 0 Å². The van der Waals surface area contributed by atoms with E-state index in [2.05, 4.69) is 46.8 Å². The Morgan fingerprint density at radius 2 is 2.07 bits per heavy atom. The first-order valence-corrected chi connectivity index (χ1v) is 10.7. The van der Waals surface area contributed by atoms with Crippen molar-refractivity contribution >= 4 is 22.3 Å². The van der Waals surface area contributed by atoms with E-state index in [1.54, 1.807) is 17.4 Å². The van der Waals surface area contributed by atoms with Crippen molar-refractivity contribution in [2.24, 2.45) is 0 Å². The molecule has 3 heterocycles. The van der Waals surface area contributed by atoms with E-state index < -0.39 is 0 Å². The Labute approximate surface area is 168 Å². The third-order valence-corrected chi connectivity index (χ3v) is 6.29. The molecule has 5 nitrogen and oxygen atoms in total. The van der Waals surface area contributed by atoms with Crippen LogP contribution in [0, 0.1) is 0 Å². The van der Waals surface area contributed by atoms with Crippen LogP contribution < -0.4 is 10.9 Å². The van der Waals surface area contributed by atoms with Crippen LogP contribution >= 0.6 is 11.3 Å².